The molecule has 1 aromatic heterocycles. The van der Waals surface area contributed by atoms with Gasteiger partial charge in [-0.2, -0.15) is 0 Å². The summed E-state index contributed by atoms with van der Waals surface area (Å²) in [6.07, 6.45) is 1.67. The van der Waals surface area contributed by atoms with Crippen LogP contribution in [-0.2, 0) is 19.7 Å². The predicted molar refractivity (Wildman–Crippen MR) is 143 cm³/mol. The SMILES string of the molecule is CCn1c(-c2cc(N)cc(N)c2)cnc(NC(C)C)c1=O.CNCc1ccc(C(=N)N)c(CO)c1. The number of amidine groups is 1. The Labute approximate surface area is 205 Å². The van der Waals surface area contributed by atoms with Crippen molar-refractivity contribution in [3.8, 4) is 11.3 Å². The molecule has 0 atom stereocenters. The van der Waals surface area contributed by atoms with Crippen LogP contribution in [0.25, 0.3) is 11.3 Å². The molecule has 0 aliphatic rings. The van der Waals surface area contributed by atoms with E-state index in [4.69, 9.17) is 27.7 Å². The number of nitrogen functional groups attached to an aromatic ring is 3. The van der Waals surface area contributed by atoms with Crippen molar-refractivity contribution >= 4 is 23.0 Å². The van der Waals surface area contributed by atoms with Crippen LogP contribution in [0.1, 0.15) is 37.5 Å². The van der Waals surface area contributed by atoms with Crippen LogP contribution in [-0.4, -0.2) is 33.6 Å². The largest absolute Gasteiger partial charge is 0.399 e. The quantitative estimate of drug-likeness (QED) is 0.145. The first-order valence-electron chi connectivity index (χ1n) is 11.4. The van der Waals surface area contributed by atoms with E-state index >= 15 is 0 Å². The number of hydrogen-bond acceptors (Lipinski definition) is 8. The van der Waals surface area contributed by atoms with Crippen molar-refractivity contribution in [2.24, 2.45) is 5.73 Å². The van der Waals surface area contributed by atoms with Gasteiger partial charge in [0.25, 0.3) is 5.56 Å². The first-order chi connectivity index (χ1) is 16.6. The molecule has 0 saturated carbocycles. The molecule has 0 amide bonds. The fourth-order valence-electron chi connectivity index (χ4n) is 3.58. The molecule has 0 unspecified atom stereocenters. The van der Waals surface area contributed by atoms with Crippen LogP contribution < -0.4 is 33.4 Å². The molecule has 0 bridgehead atoms. The standard InChI is InChI=1S/C15H21N5O.C10H15N3O/c1-4-20-13(10-5-11(16)7-12(17)6-10)8-18-14(15(20)21)19-9(2)3;1-13-5-7-2-3-9(10(11)12)8(4-7)6-14/h5-9H,4,16-17H2,1-3H3,(H,18,19);2-4,13-14H,5-6H2,1H3,(H3,11,12). The van der Waals surface area contributed by atoms with Crippen molar-refractivity contribution in [3.63, 3.8) is 0 Å². The lowest BCUT2D eigenvalue weighted by molar-refractivity contribution is 0.281. The van der Waals surface area contributed by atoms with Gasteiger partial charge in [-0.15, -0.1) is 0 Å². The number of aliphatic hydroxyl groups is 1. The van der Waals surface area contributed by atoms with E-state index in [1.54, 1.807) is 35.0 Å². The molecule has 10 heteroatoms. The van der Waals surface area contributed by atoms with E-state index < -0.39 is 0 Å². The molecule has 0 saturated heterocycles. The molecule has 0 fully saturated rings. The van der Waals surface area contributed by atoms with E-state index in [1.165, 1.54) is 0 Å². The molecule has 35 heavy (non-hydrogen) atoms. The highest BCUT2D eigenvalue weighted by Crippen LogP contribution is 2.24. The van der Waals surface area contributed by atoms with Crippen molar-refractivity contribution in [3.05, 3.63) is 69.6 Å². The van der Waals surface area contributed by atoms with E-state index in [2.05, 4.69) is 15.6 Å². The molecular formula is C25H36N8O2. The second-order valence-electron chi connectivity index (χ2n) is 8.32. The summed E-state index contributed by atoms with van der Waals surface area (Å²) in [5.74, 6) is 0.345. The minimum Gasteiger partial charge on any atom is -0.399 e. The van der Waals surface area contributed by atoms with Crippen LogP contribution in [0.5, 0.6) is 0 Å². The number of rotatable bonds is 8. The van der Waals surface area contributed by atoms with Crippen molar-refractivity contribution in [1.82, 2.24) is 14.9 Å². The number of anilines is 3. The van der Waals surface area contributed by atoms with Crippen LogP contribution in [0, 0.1) is 5.41 Å². The van der Waals surface area contributed by atoms with Gasteiger partial charge in [0, 0.05) is 41.6 Å². The maximum Gasteiger partial charge on any atom is 0.293 e. The molecule has 0 spiro atoms. The van der Waals surface area contributed by atoms with E-state index in [1.807, 2.05) is 40.0 Å². The Morgan fingerprint density at radius 2 is 1.83 bits per heavy atom. The highest BCUT2D eigenvalue weighted by Gasteiger charge is 2.12. The number of nitrogens with one attached hydrogen (secondary N) is 3. The van der Waals surface area contributed by atoms with Crippen LogP contribution in [0.15, 0.2) is 47.4 Å². The molecule has 10 N–H and O–H groups in total. The molecule has 0 aliphatic heterocycles. The van der Waals surface area contributed by atoms with Crippen molar-refractivity contribution in [2.75, 3.05) is 23.8 Å². The summed E-state index contributed by atoms with van der Waals surface area (Å²) in [7, 11) is 1.86. The van der Waals surface area contributed by atoms with Gasteiger partial charge in [-0.3, -0.25) is 10.2 Å². The molecule has 10 nitrogen and oxygen atoms in total. The van der Waals surface area contributed by atoms with Gasteiger partial charge in [0.1, 0.15) is 5.84 Å². The zero-order chi connectivity index (χ0) is 26.1. The maximum absolute atomic E-state index is 12.5. The van der Waals surface area contributed by atoms with E-state index in [-0.39, 0.29) is 24.0 Å². The Bertz CT molecular complexity index is 1200. The summed E-state index contributed by atoms with van der Waals surface area (Å²) in [5, 5.41) is 22.5. The summed E-state index contributed by atoms with van der Waals surface area (Å²) >= 11 is 0. The number of benzene rings is 2. The Kier molecular flexibility index (Phi) is 9.80. The van der Waals surface area contributed by atoms with Gasteiger partial charge >= 0.3 is 0 Å². The highest BCUT2D eigenvalue weighted by atomic mass is 16.3. The van der Waals surface area contributed by atoms with Gasteiger partial charge in [0.15, 0.2) is 5.82 Å². The van der Waals surface area contributed by atoms with Crippen molar-refractivity contribution < 1.29 is 5.11 Å². The second-order valence-corrected chi connectivity index (χ2v) is 8.32. The van der Waals surface area contributed by atoms with Crippen LogP contribution in [0.3, 0.4) is 0 Å². The van der Waals surface area contributed by atoms with Gasteiger partial charge < -0.3 is 37.5 Å². The van der Waals surface area contributed by atoms with Gasteiger partial charge in [-0.05, 0) is 57.1 Å². The lowest BCUT2D eigenvalue weighted by atomic mass is 10.0. The summed E-state index contributed by atoms with van der Waals surface area (Å²) in [4.78, 5) is 16.7. The zero-order valence-electron chi connectivity index (χ0n) is 20.7. The molecule has 3 rings (SSSR count). The van der Waals surface area contributed by atoms with E-state index in [0.717, 1.165) is 17.7 Å². The molecule has 188 valence electrons. The first-order valence-corrected chi connectivity index (χ1v) is 11.4. The average Bonchev–Trinajstić information content (AvgIpc) is 2.79. The molecule has 1 heterocycles. The predicted octanol–water partition coefficient (Wildman–Crippen LogP) is 2.10. The second kappa shape index (κ2) is 12.5. The summed E-state index contributed by atoms with van der Waals surface area (Å²) in [6, 6.07) is 10.9. The lowest BCUT2D eigenvalue weighted by Crippen LogP contribution is -2.27. The first kappa shape index (κ1) is 27.4. The van der Waals surface area contributed by atoms with Crippen molar-refractivity contribution in [1.29, 1.82) is 5.41 Å². The topological polar surface area (TPSA) is 181 Å². The fraction of sp³-hybridized carbons (Fsp3) is 0.320. The molecule has 2 aromatic carbocycles. The molecular weight excluding hydrogens is 444 g/mol. The van der Waals surface area contributed by atoms with Gasteiger partial charge in [-0.25, -0.2) is 4.98 Å². The lowest BCUT2D eigenvalue weighted by Gasteiger charge is -2.15. The number of nitrogens with two attached hydrogens (primary N) is 3. The Hall–Kier alpha value is -3.89. The third kappa shape index (κ3) is 7.29. The highest BCUT2D eigenvalue weighted by molar-refractivity contribution is 5.96. The van der Waals surface area contributed by atoms with Crippen LogP contribution >= 0.6 is 0 Å². The summed E-state index contributed by atoms with van der Waals surface area (Å²) in [6.45, 7) is 7.03. The van der Waals surface area contributed by atoms with E-state index in [9.17, 15) is 4.79 Å². The third-order valence-electron chi connectivity index (χ3n) is 5.08. The Morgan fingerprint density at radius 3 is 2.34 bits per heavy atom. The maximum atomic E-state index is 12.5. The summed E-state index contributed by atoms with van der Waals surface area (Å²) < 4.78 is 1.66. The zero-order valence-corrected chi connectivity index (χ0v) is 20.7. The van der Waals surface area contributed by atoms with Crippen LogP contribution in [0.2, 0.25) is 0 Å². The number of hydrogen-bond donors (Lipinski definition) is 7. The minimum absolute atomic E-state index is 0.00921. The smallest absolute Gasteiger partial charge is 0.293 e. The summed E-state index contributed by atoms with van der Waals surface area (Å²) in [5.41, 5.74) is 21.9. The van der Waals surface area contributed by atoms with Gasteiger partial charge in [0.2, 0.25) is 0 Å². The molecule has 3 aromatic rings. The van der Waals surface area contributed by atoms with Crippen molar-refractivity contribution in [2.45, 2.75) is 46.5 Å². The number of aliphatic hydroxyl groups excluding tert-OH is 1. The molecule has 0 aliphatic carbocycles. The monoisotopic (exact) mass is 480 g/mol. The Balaban J connectivity index is 0.000000269. The minimum atomic E-state index is -0.148. The van der Waals surface area contributed by atoms with E-state index in [0.29, 0.717) is 40.6 Å². The van der Waals surface area contributed by atoms with Gasteiger partial charge in [0.05, 0.1) is 18.5 Å². The van der Waals surface area contributed by atoms with Gasteiger partial charge in [-0.1, -0.05) is 18.2 Å². The van der Waals surface area contributed by atoms with Crippen LogP contribution in [0.4, 0.5) is 17.2 Å². The third-order valence-corrected chi connectivity index (χ3v) is 5.08. The number of aromatic nitrogens is 2. The number of nitrogens with zero attached hydrogens (tertiary/aromatic N) is 2. The normalized spacial score (nSPS) is 10.6. The Morgan fingerprint density at radius 1 is 1.17 bits per heavy atom. The average molecular weight is 481 g/mol. The fourth-order valence-corrected chi connectivity index (χ4v) is 3.58. The molecule has 0 radical (unpaired) electrons.